The van der Waals surface area contributed by atoms with E-state index < -0.39 is 11.6 Å². The number of nitrogens with one attached hydrogen (secondary N) is 3. The first-order valence-corrected chi connectivity index (χ1v) is 11.9. The van der Waals surface area contributed by atoms with Crippen molar-refractivity contribution in [2.45, 2.75) is 50.2 Å². The number of fused-ring (bicyclic) bond motifs is 2. The highest BCUT2D eigenvalue weighted by Crippen LogP contribution is 2.32. The highest BCUT2D eigenvalue weighted by molar-refractivity contribution is 7.14. The second kappa shape index (κ2) is 8.06. The van der Waals surface area contributed by atoms with Crippen LogP contribution in [-0.2, 0) is 13.0 Å². The monoisotopic (exact) mass is 456 g/mol. The van der Waals surface area contributed by atoms with Gasteiger partial charge >= 0.3 is 0 Å². The minimum Gasteiger partial charge on any atom is -0.352 e. The Labute approximate surface area is 189 Å². The number of carbonyl (C=O) groups excluding carboxylic acids is 2. The van der Waals surface area contributed by atoms with Crippen LogP contribution in [0.15, 0.2) is 30.3 Å². The molecule has 3 heterocycles. The van der Waals surface area contributed by atoms with Crippen LogP contribution < -0.4 is 16.4 Å². The Balaban J connectivity index is 1.40. The first kappa shape index (κ1) is 20.7. The molecule has 31 heavy (non-hydrogen) atoms. The molecule has 2 aliphatic rings. The van der Waals surface area contributed by atoms with Gasteiger partial charge in [0.2, 0.25) is 5.78 Å². The van der Waals surface area contributed by atoms with E-state index in [1.165, 1.54) is 10.4 Å². The summed E-state index contributed by atoms with van der Waals surface area (Å²) in [5, 5.41) is 7.92. The number of thiophene rings is 1. The van der Waals surface area contributed by atoms with E-state index in [0.29, 0.717) is 28.4 Å². The number of hydrogen-bond acceptors (Lipinski definition) is 5. The fraction of sp³-hybridized carbons (Fsp3) is 0.391. The number of Topliss-reactive ketones (excluding diaryl/α,β-unsaturated/α-hetero) is 1. The summed E-state index contributed by atoms with van der Waals surface area (Å²) in [7, 11) is 0. The Morgan fingerprint density at radius 2 is 2.10 bits per heavy atom. The number of benzene rings is 1. The number of rotatable bonds is 4. The standard InChI is InChI=1S/C23H25ClN4O2S/c24-15-4-5-16-13(9-15)10-17(27-16)21(29)23(25)7-2-1-3-20(23)28-22(30)19-11-14-12-26-8-6-18(14)31-19/h4-5,9-11,20,26-27H,1-3,6-8,12,25H2,(H,28,30). The van der Waals surface area contributed by atoms with Crippen LogP contribution in [0.25, 0.3) is 10.9 Å². The molecule has 1 aliphatic carbocycles. The van der Waals surface area contributed by atoms with Gasteiger partial charge in [-0.1, -0.05) is 24.4 Å². The number of aromatic amines is 1. The van der Waals surface area contributed by atoms with Gasteiger partial charge in [-0.2, -0.15) is 0 Å². The number of ketones is 1. The molecule has 1 aliphatic heterocycles. The number of hydrogen-bond donors (Lipinski definition) is 4. The zero-order chi connectivity index (χ0) is 21.6. The van der Waals surface area contributed by atoms with Crippen molar-refractivity contribution in [2.75, 3.05) is 6.54 Å². The summed E-state index contributed by atoms with van der Waals surface area (Å²) in [5.41, 5.74) is 8.08. The van der Waals surface area contributed by atoms with Gasteiger partial charge in [0.1, 0.15) is 5.54 Å². The third kappa shape index (κ3) is 3.80. The number of amides is 1. The maximum Gasteiger partial charge on any atom is 0.261 e. The normalized spacial score (nSPS) is 23.5. The van der Waals surface area contributed by atoms with Crippen molar-refractivity contribution < 1.29 is 9.59 Å². The van der Waals surface area contributed by atoms with Crippen LogP contribution in [0.4, 0.5) is 0 Å². The highest BCUT2D eigenvalue weighted by atomic mass is 35.5. The van der Waals surface area contributed by atoms with E-state index in [-0.39, 0.29) is 11.7 Å². The SMILES string of the molecule is NC1(C(=O)c2cc3cc(Cl)ccc3[nH]2)CCCCC1NC(=O)c1cc2c(s1)CCNC2. The molecule has 0 bridgehead atoms. The largest absolute Gasteiger partial charge is 0.352 e. The van der Waals surface area contributed by atoms with Crippen LogP contribution in [0.3, 0.4) is 0 Å². The summed E-state index contributed by atoms with van der Waals surface area (Å²) in [6.07, 6.45) is 3.97. The van der Waals surface area contributed by atoms with Gasteiger partial charge in [-0.05, 0) is 55.2 Å². The molecule has 1 amide bonds. The molecule has 0 saturated heterocycles. The fourth-order valence-electron chi connectivity index (χ4n) is 4.74. The molecule has 3 aromatic rings. The molecule has 2 atom stereocenters. The minimum absolute atomic E-state index is 0.141. The molecular weight excluding hydrogens is 432 g/mol. The van der Waals surface area contributed by atoms with Gasteiger partial charge in [0, 0.05) is 33.9 Å². The van der Waals surface area contributed by atoms with E-state index in [1.807, 2.05) is 18.2 Å². The third-order valence-corrected chi connectivity index (χ3v) is 7.95. The molecule has 5 rings (SSSR count). The topological polar surface area (TPSA) is 100 Å². The summed E-state index contributed by atoms with van der Waals surface area (Å²) in [4.78, 5) is 31.7. The summed E-state index contributed by atoms with van der Waals surface area (Å²) < 4.78 is 0. The van der Waals surface area contributed by atoms with Crippen molar-refractivity contribution in [3.05, 3.63) is 56.4 Å². The Hall–Kier alpha value is -2.19. The molecular formula is C23H25ClN4O2S. The van der Waals surface area contributed by atoms with E-state index in [1.54, 1.807) is 23.5 Å². The third-order valence-electron chi connectivity index (χ3n) is 6.48. The Kier molecular flexibility index (Phi) is 5.38. The van der Waals surface area contributed by atoms with Crippen molar-refractivity contribution in [1.29, 1.82) is 0 Å². The molecule has 2 unspecified atom stereocenters. The predicted molar refractivity (Wildman–Crippen MR) is 124 cm³/mol. The summed E-state index contributed by atoms with van der Waals surface area (Å²) in [6, 6.07) is 8.81. The molecule has 5 N–H and O–H groups in total. The van der Waals surface area contributed by atoms with Gasteiger partial charge in [-0.3, -0.25) is 9.59 Å². The van der Waals surface area contributed by atoms with Crippen molar-refractivity contribution >= 4 is 45.5 Å². The Bertz CT molecular complexity index is 1150. The highest BCUT2D eigenvalue weighted by Gasteiger charge is 2.45. The second-order valence-corrected chi connectivity index (χ2v) is 10.1. The summed E-state index contributed by atoms with van der Waals surface area (Å²) >= 11 is 7.63. The average Bonchev–Trinajstić information content (AvgIpc) is 3.38. The number of aromatic nitrogens is 1. The van der Waals surface area contributed by atoms with Crippen LogP contribution in [0.1, 0.15) is 56.3 Å². The van der Waals surface area contributed by atoms with E-state index in [9.17, 15) is 9.59 Å². The lowest BCUT2D eigenvalue weighted by molar-refractivity contribution is 0.0756. The van der Waals surface area contributed by atoms with E-state index in [4.69, 9.17) is 17.3 Å². The molecule has 1 aromatic carbocycles. The van der Waals surface area contributed by atoms with Crippen molar-refractivity contribution in [3.63, 3.8) is 0 Å². The maximum atomic E-state index is 13.5. The number of H-pyrrole nitrogens is 1. The van der Waals surface area contributed by atoms with Crippen LogP contribution >= 0.6 is 22.9 Å². The predicted octanol–water partition coefficient (Wildman–Crippen LogP) is 3.78. The minimum atomic E-state index is -1.14. The molecule has 8 heteroatoms. The van der Waals surface area contributed by atoms with Gasteiger partial charge < -0.3 is 21.4 Å². The van der Waals surface area contributed by atoms with Crippen molar-refractivity contribution in [2.24, 2.45) is 5.73 Å². The lowest BCUT2D eigenvalue weighted by atomic mass is 9.74. The lowest BCUT2D eigenvalue weighted by Crippen LogP contribution is -2.64. The van der Waals surface area contributed by atoms with Gasteiger partial charge in [0.25, 0.3) is 5.91 Å². The molecule has 0 radical (unpaired) electrons. The molecule has 1 saturated carbocycles. The summed E-state index contributed by atoms with van der Waals surface area (Å²) in [6.45, 7) is 1.74. The summed E-state index contributed by atoms with van der Waals surface area (Å²) in [5.74, 6) is -0.308. The zero-order valence-corrected chi connectivity index (χ0v) is 18.7. The maximum absolute atomic E-state index is 13.5. The fourth-order valence-corrected chi connectivity index (χ4v) is 6.01. The van der Waals surface area contributed by atoms with E-state index >= 15 is 0 Å². The first-order chi connectivity index (χ1) is 14.9. The Morgan fingerprint density at radius 3 is 2.94 bits per heavy atom. The van der Waals surface area contributed by atoms with Gasteiger partial charge in [-0.25, -0.2) is 0 Å². The van der Waals surface area contributed by atoms with Crippen molar-refractivity contribution in [1.82, 2.24) is 15.6 Å². The molecule has 162 valence electrons. The quantitative estimate of drug-likeness (QED) is 0.449. The van der Waals surface area contributed by atoms with E-state index in [0.717, 1.165) is 43.3 Å². The molecule has 0 spiro atoms. The number of nitrogens with two attached hydrogens (primary N) is 1. The van der Waals surface area contributed by atoms with Crippen LogP contribution in [0.2, 0.25) is 5.02 Å². The van der Waals surface area contributed by atoms with Crippen LogP contribution in [0, 0.1) is 0 Å². The average molecular weight is 457 g/mol. The van der Waals surface area contributed by atoms with Gasteiger partial charge in [0.15, 0.2) is 0 Å². The Morgan fingerprint density at radius 1 is 1.23 bits per heavy atom. The number of halogens is 1. The smallest absolute Gasteiger partial charge is 0.261 e. The molecule has 6 nitrogen and oxygen atoms in total. The molecule has 2 aromatic heterocycles. The zero-order valence-electron chi connectivity index (χ0n) is 17.1. The second-order valence-electron chi connectivity index (χ2n) is 8.54. The van der Waals surface area contributed by atoms with Crippen LogP contribution in [0.5, 0.6) is 0 Å². The first-order valence-electron chi connectivity index (χ1n) is 10.7. The van der Waals surface area contributed by atoms with Gasteiger partial charge in [0.05, 0.1) is 16.6 Å². The van der Waals surface area contributed by atoms with Crippen molar-refractivity contribution in [3.8, 4) is 0 Å². The van der Waals surface area contributed by atoms with Crippen LogP contribution in [-0.4, -0.2) is 34.8 Å². The number of carbonyl (C=O) groups is 2. The lowest BCUT2D eigenvalue weighted by Gasteiger charge is -2.40. The molecule has 1 fully saturated rings. The van der Waals surface area contributed by atoms with E-state index in [2.05, 4.69) is 15.6 Å². The van der Waals surface area contributed by atoms with Gasteiger partial charge in [-0.15, -0.1) is 11.3 Å².